The van der Waals surface area contributed by atoms with Crippen molar-refractivity contribution in [3.05, 3.63) is 36.0 Å². The fourth-order valence-electron chi connectivity index (χ4n) is 3.20. The number of likely N-dealkylation sites (N-methyl/N-ethyl adjacent to an activating group) is 1. The molecule has 4 N–H and O–H groups in total. The normalized spacial score (nSPS) is 14.2. The second-order valence-electron chi connectivity index (χ2n) is 6.70. The van der Waals surface area contributed by atoms with Crippen LogP contribution in [-0.4, -0.2) is 52.4 Å². The van der Waals surface area contributed by atoms with Crippen molar-refractivity contribution in [3.8, 4) is 0 Å². The zero-order chi connectivity index (χ0) is 20.0. The lowest BCUT2D eigenvalue weighted by Gasteiger charge is -2.30. The Morgan fingerprint density at radius 3 is 2.63 bits per heavy atom. The number of aromatic amines is 1. The van der Waals surface area contributed by atoms with Gasteiger partial charge in [-0.1, -0.05) is 38.5 Å². The number of fused-ring (bicyclic) bond motifs is 1. The van der Waals surface area contributed by atoms with Gasteiger partial charge in [0.2, 0.25) is 12.3 Å². The molecule has 1 aromatic carbocycles. The SMILES string of the molecule is CCC(C)C(C(=O)N[C@@H](Cc1c[nH]c2ccccc12)C(=O)NO)N(C)C=O. The van der Waals surface area contributed by atoms with Crippen LogP contribution in [0.3, 0.4) is 0 Å². The van der Waals surface area contributed by atoms with Crippen LogP contribution in [0.2, 0.25) is 0 Å². The maximum Gasteiger partial charge on any atom is 0.266 e. The number of hydrogen-bond donors (Lipinski definition) is 4. The molecule has 2 aromatic rings. The second-order valence-corrected chi connectivity index (χ2v) is 6.70. The minimum absolute atomic E-state index is 0.0915. The Balaban J connectivity index is 2.24. The number of benzene rings is 1. The van der Waals surface area contributed by atoms with Crippen LogP contribution in [0.5, 0.6) is 0 Å². The van der Waals surface area contributed by atoms with Crippen LogP contribution in [-0.2, 0) is 20.8 Å². The van der Waals surface area contributed by atoms with Crippen LogP contribution < -0.4 is 10.8 Å². The summed E-state index contributed by atoms with van der Waals surface area (Å²) < 4.78 is 0. The Kier molecular flexibility index (Phi) is 6.95. The summed E-state index contributed by atoms with van der Waals surface area (Å²) in [7, 11) is 1.53. The van der Waals surface area contributed by atoms with E-state index in [1.807, 2.05) is 38.1 Å². The zero-order valence-electron chi connectivity index (χ0n) is 15.7. The number of carbonyl (C=O) groups is 3. The molecule has 0 aliphatic carbocycles. The molecule has 1 heterocycles. The van der Waals surface area contributed by atoms with Crippen LogP contribution in [0.1, 0.15) is 25.8 Å². The first-order valence-corrected chi connectivity index (χ1v) is 8.89. The van der Waals surface area contributed by atoms with Gasteiger partial charge in [-0.2, -0.15) is 0 Å². The fraction of sp³-hybridized carbons (Fsp3) is 0.421. The van der Waals surface area contributed by atoms with Crippen molar-refractivity contribution in [1.82, 2.24) is 20.7 Å². The molecule has 0 spiro atoms. The number of nitrogens with zero attached hydrogens (tertiary/aromatic N) is 1. The zero-order valence-corrected chi connectivity index (χ0v) is 15.7. The van der Waals surface area contributed by atoms with Crippen molar-refractivity contribution in [3.63, 3.8) is 0 Å². The quantitative estimate of drug-likeness (QED) is 0.300. The summed E-state index contributed by atoms with van der Waals surface area (Å²) in [5.74, 6) is -1.25. The van der Waals surface area contributed by atoms with Gasteiger partial charge in [0.15, 0.2) is 0 Å². The number of para-hydroxylation sites is 1. The van der Waals surface area contributed by atoms with E-state index < -0.39 is 23.9 Å². The average Bonchev–Trinajstić information content (AvgIpc) is 3.09. The highest BCUT2D eigenvalue weighted by Gasteiger charge is 2.31. The molecule has 0 saturated carbocycles. The number of amides is 3. The molecule has 8 nitrogen and oxygen atoms in total. The smallest absolute Gasteiger partial charge is 0.266 e. The van der Waals surface area contributed by atoms with Crippen molar-refractivity contribution in [2.75, 3.05) is 7.05 Å². The molecule has 8 heteroatoms. The van der Waals surface area contributed by atoms with Gasteiger partial charge in [0.1, 0.15) is 12.1 Å². The summed E-state index contributed by atoms with van der Waals surface area (Å²) >= 11 is 0. The van der Waals surface area contributed by atoms with Gasteiger partial charge in [0.05, 0.1) is 0 Å². The Bertz CT molecular complexity index is 804. The summed E-state index contributed by atoms with van der Waals surface area (Å²) in [6, 6.07) is 5.93. The van der Waals surface area contributed by atoms with Gasteiger partial charge < -0.3 is 15.2 Å². The lowest BCUT2D eigenvalue weighted by molar-refractivity contribution is -0.138. The molecule has 3 amide bonds. The van der Waals surface area contributed by atoms with Gasteiger partial charge >= 0.3 is 0 Å². The lowest BCUT2D eigenvalue weighted by Crippen LogP contribution is -2.55. The summed E-state index contributed by atoms with van der Waals surface area (Å²) in [6.45, 7) is 3.79. The van der Waals surface area contributed by atoms with E-state index in [-0.39, 0.29) is 12.3 Å². The molecule has 0 aliphatic heterocycles. The monoisotopic (exact) mass is 374 g/mol. The van der Waals surface area contributed by atoms with Gasteiger partial charge in [-0.25, -0.2) is 5.48 Å². The van der Waals surface area contributed by atoms with E-state index in [2.05, 4.69) is 10.3 Å². The molecule has 0 radical (unpaired) electrons. The van der Waals surface area contributed by atoms with E-state index in [1.54, 1.807) is 11.7 Å². The number of hydrogen-bond acceptors (Lipinski definition) is 4. The third kappa shape index (κ3) is 4.65. The van der Waals surface area contributed by atoms with Crippen molar-refractivity contribution < 1.29 is 19.6 Å². The van der Waals surface area contributed by atoms with E-state index in [9.17, 15) is 14.4 Å². The number of H-pyrrole nitrogens is 1. The molecule has 1 aromatic heterocycles. The first-order valence-electron chi connectivity index (χ1n) is 8.89. The Morgan fingerprint density at radius 2 is 2.00 bits per heavy atom. The molecule has 27 heavy (non-hydrogen) atoms. The molecule has 2 rings (SSSR count). The topological polar surface area (TPSA) is 115 Å². The molecule has 2 unspecified atom stereocenters. The van der Waals surface area contributed by atoms with E-state index in [0.717, 1.165) is 16.5 Å². The van der Waals surface area contributed by atoms with Gasteiger partial charge in [0, 0.05) is 30.6 Å². The average molecular weight is 374 g/mol. The largest absolute Gasteiger partial charge is 0.361 e. The standard InChI is InChI=1S/C19H26N4O4/c1-4-12(2)17(23(3)11-24)19(26)21-16(18(25)22-27)9-13-10-20-15-8-6-5-7-14(13)15/h5-8,10-12,16-17,20,27H,4,9H2,1-3H3,(H,21,26)(H,22,25)/t12?,16-,17?/m0/s1. The maximum atomic E-state index is 12.8. The van der Waals surface area contributed by atoms with Gasteiger partial charge in [-0.05, 0) is 17.5 Å². The van der Waals surface area contributed by atoms with Crippen LogP contribution in [0.15, 0.2) is 30.5 Å². The number of carbonyl (C=O) groups excluding carboxylic acids is 3. The van der Waals surface area contributed by atoms with Crippen molar-refractivity contribution in [1.29, 1.82) is 0 Å². The molecule has 0 aliphatic rings. The Labute approximate surface area is 157 Å². The van der Waals surface area contributed by atoms with Gasteiger partial charge in [0.25, 0.3) is 5.91 Å². The minimum atomic E-state index is -0.978. The fourth-order valence-corrected chi connectivity index (χ4v) is 3.20. The molecule has 3 atom stereocenters. The van der Waals surface area contributed by atoms with Crippen LogP contribution >= 0.6 is 0 Å². The summed E-state index contributed by atoms with van der Waals surface area (Å²) in [5.41, 5.74) is 3.36. The number of nitrogens with one attached hydrogen (secondary N) is 3. The van der Waals surface area contributed by atoms with Crippen molar-refractivity contribution in [2.45, 2.75) is 38.8 Å². The lowest BCUT2D eigenvalue weighted by atomic mass is 9.96. The molecule has 146 valence electrons. The predicted octanol–water partition coefficient (Wildman–Crippen LogP) is 1.20. The van der Waals surface area contributed by atoms with E-state index >= 15 is 0 Å². The first-order chi connectivity index (χ1) is 12.9. The van der Waals surface area contributed by atoms with E-state index in [0.29, 0.717) is 12.8 Å². The summed E-state index contributed by atoms with van der Waals surface area (Å²) in [6.07, 6.45) is 3.26. The van der Waals surface area contributed by atoms with Gasteiger partial charge in [-0.15, -0.1) is 0 Å². The minimum Gasteiger partial charge on any atom is -0.361 e. The molecule has 0 fully saturated rings. The molecular weight excluding hydrogens is 348 g/mol. The van der Waals surface area contributed by atoms with Crippen LogP contribution in [0, 0.1) is 5.92 Å². The number of rotatable bonds is 9. The van der Waals surface area contributed by atoms with Crippen molar-refractivity contribution >= 4 is 29.1 Å². The molecule has 0 saturated heterocycles. The highest BCUT2D eigenvalue weighted by molar-refractivity contribution is 5.91. The highest BCUT2D eigenvalue weighted by Crippen LogP contribution is 2.20. The number of aromatic nitrogens is 1. The number of hydroxylamine groups is 1. The summed E-state index contributed by atoms with van der Waals surface area (Å²) in [5, 5.41) is 12.7. The van der Waals surface area contributed by atoms with Gasteiger partial charge in [-0.3, -0.25) is 19.6 Å². The summed E-state index contributed by atoms with van der Waals surface area (Å²) in [4.78, 5) is 40.5. The first kappa shape index (κ1) is 20.4. The second kappa shape index (κ2) is 9.18. The Hall–Kier alpha value is -2.87. The third-order valence-electron chi connectivity index (χ3n) is 4.90. The van der Waals surface area contributed by atoms with E-state index in [4.69, 9.17) is 5.21 Å². The predicted molar refractivity (Wildman–Crippen MR) is 101 cm³/mol. The maximum absolute atomic E-state index is 12.8. The van der Waals surface area contributed by atoms with E-state index in [1.165, 1.54) is 11.9 Å². The molecule has 0 bridgehead atoms. The van der Waals surface area contributed by atoms with Crippen molar-refractivity contribution in [2.24, 2.45) is 5.92 Å². The van der Waals surface area contributed by atoms with Crippen LogP contribution in [0.25, 0.3) is 10.9 Å². The Morgan fingerprint density at radius 1 is 1.30 bits per heavy atom. The van der Waals surface area contributed by atoms with Crippen LogP contribution in [0.4, 0.5) is 0 Å². The molecular formula is C19H26N4O4. The third-order valence-corrected chi connectivity index (χ3v) is 4.90. The highest BCUT2D eigenvalue weighted by atomic mass is 16.5.